The smallest absolute Gasteiger partial charge is 0.0467 e. The molecule has 1 aromatic heterocycles. The Morgan fingerprint density at radius 1 is 0.382 bits per heavy atom. The fourth-order valence-corrected chi connectivity index (χ4v) is 11.8. The van der Waals surface area contributed by atoms with Gasteiger partial charge >= 0.3 is 0 Å². The summed E-state index contributed by atoms with van der Waals surface area (Å²) in [6.45, 7) is 14.3. The molecule has 0 fully saturated rings. The summed E-state index contributed by atoms with van der Waals surface area (Å²) in [6.07, 6.45) is 0. The number of anilines is 3. The average molecular weight is 726 g/mol. The molecule has 0 N–H and O–H groups in total. The monoisotopic (exact) mass is 725 g/mol. The average Bonchev–Trinajstić information content (AvgIpc) is 3.85. The first kappa shape index (κ1) is 32.7. The molecule has 0 spiro atoms. The van der Waals surface area contributed by atoms with E-state index in [1.54, 1.807) is 0 Å². The zero-order valence-corrected chi connectivity index (χ0v) is 33.1. The van der Waals surface area contributed by atoms with Gasteiger partial charge in [-0.15, -0.1) is 11.3 Å². The van der Waals surface area contributed by atoms with Gasteiger partial charge in [0, 0.05) is 42.9 Å². The minimum Gasteiger partial charge on any atom is -0.310 e. The third-order valence-electron chi connectivity index (χ3n) is 13.2. The number of rotatable bonds is 4. The van der Waals surface area contributed by atoms with Crippen LogP contribution in [0.4, 0.5) is 17.1 Å². The number of hydrogen-bond donors (Lipinski definition) is 0. The topological polar surface area (TPSA) is 3.24 Å². The summed E-state index contributed by atoms with van der Waals surface area (Å²) in [5.74, 6) is 0. The lowest BCUT2D eigenvalue weighted by atomic mass is 9.81. The Morgan fingerprint density at radius 3 is 1.56 bits per heavy atom. The molecule has 55 heavy (non-hydrogen) atoms. The predicted octanol–water partition coefficient (Wildman–Crippen LogP) is 15.0. The molecule has 1 heterocycles. The minimum absolute atomic E-state index is 0.0382. The highest BCUT2D eigenvalue weighted by molar-refractivity contribution is 7.22. The summed E-state index contributed by atoms with van der Waals surface area (Å²) in [5.41, 5.74) is 20.9. The molecular formula is C53H43NS. The molecule has 11 rings (SSSR count). The van der Waals surface area contributed by atoms with Crippen molar-refractivity contribution >= 4 is 38.5 Å². The van der Waals surface area contributed by atoms with Gasteiger partial charge in [0.05, 0.1) is 0 Å². The van der Waals surface area contributed by atoms with Crippen molar-refractivity contribution in [3.8, 4) is 43.8 Å². The first-order valence-corrected chi connectivity index (χ1v) is 20.4. The van der Waals surface area contributed by atoms with Crippen LogP contribution in [0.25, 0.3) is 53.9 Å². The van der Waals surface area contributed by atoms with Gasteiger partial charge in [0.1, 0.15) is 0 Å². The highest BCUT2D eigenvalue weighted by Gasteiger charge is 2.40. The molecule has 0 aliphatic heterocycles. The SMILES string of the molecule is CC1(C)c2ccccc2-c2ccc(N(c3cccc(-c4ccc5c(c4)-c4sc6ccccc6c4C5(C)C)c3)c3ccc4c(c3)C(C)(C)c3ccccc3-4)cc21. The van der Waals surface area contributed by atoms with Gasteiger partial charge in [0.2, 0.25) is 0 Å². The Morgan fingerprint density at radius 2 is 0.909 bits per heavy atom. The van der Waals surface area contributed by atoms with Crippen molar-refractivity contribution in [1.82, 2.24) is 0 Å². The van der Waals surface area contributed by atoms with Gasteiger partial charge in [-0.25, -0.2) is 0 Å². The van der Waals surface area contributed by atoms with Crippen LogP contribution in [0, 0.1) is 0 Å². The Bertz CT molecular complexity index is 2810. The van der Waals surface area contributed by atoms with Crippen LogP contribution in [-0.4, -0.2) is 0 Å². The van der Waals surface area contributed by atoms with Crippen LogP contribution in [-0.2, 0) is 16.2 Å². The summed E-state index contributed by atoms with van der Waals surface area (Å²) in [6, 6.07) is 57.4. The number of fused-ring (bicyclic) bond motifs is 11. The molecule has 266 valence electrons. The van der Waals surface area contributed by atoms with Crippen molar-refractivity contribution in [3.05, 3.63) is 185 Å². The van der Waals surface area contributed by atoms with E-state index in [4.69, 9.17) is 0 Å². The predicted molar refractivity (Wildman–Crippen MR) is 235 cm³/mol. The van der Waals surface area contributed by atoms with Crippen molar-refractivity contribution in [1.29, 1.82) is 0 Å². The molecule has 3 aliphatic carbocycles. The zero-order chi connectivity index (χ0) is 37.4. The first-order valence-electron chi connectivity index (χ1n) is 19.6. The number of hydrogen-bond acceptors (Lipinski definition) is 2. The van der Waals surface area contributed by atoms with Crippen LogP contribution in [0.3, 0.4) is 0 Å². The van der Waals surface area contributed by atoms with Crippen LogP contribution < -0.4 is 4.90 Å². The van der Waals surface area contributed by atoms with Crippen molar-refractivity contribution in [2.45, 2.75) is 57.8 Å². The van der Waals surface area contributed by atoms with Crippen molar-refractivity contribution in [2.24, 2.45) is 0 Å². The highest BCUT2D eigenvalue weighted by atomic mass is 32.1. The molecule has 0 unspecified atom stereocenters. The molecule has 2 heteroatoms. The Labute approximate surface area is 328 Å². The van der Waals surface area contributed by atoms with Crippen molar-refractivity contribution in [3.63, 3.8) is 0 Å². The van der Waals surface area contributed by atoms with Crippen molar-refractivity contribution in [2.75, 3.05) is 4.90 Å². The maximum atomic E-state index is 2.49. The highest BCUT2D eigenvalue weighted by Crippen LogP contribution is 2.57. The van der Waals surface area contributed by atoms with E-state index in [0.717, 1.165) is 5.69 Å². The third kappa shape index (κ3) is 4.46. The summed E-state index contributed by atoms with van der Waals surface area (Å²) >= 11 is 1.94. The molecule has 0 saturated heterocycles. The first-order chi connectivity index (χ1) is 26.5. The van der Waals surface area contributed by atoms with Gasteiger partial charge in [-0.1, -0.05) is 145 Å². The van der Waals surface area contributed by atoms with Gasteiger partial charge in [0.15, 0.2) is 0 Å². The van der Waals surface area contributed by atoms with Crippen LogP contribution in [0.2, 0.25) is 0 Å². The second-order valence-corrected chi connectivity index (χ2v) is 18.4. The largest absolute Gasteiger partial charge is 0.310 e. The molecular weight excluding hydrogens is 683 g/mol. The lowest BCUT2D eigenvalue weighted by molar-refractivity contribution is 0.660. The maximum absolute atomic E-state index is 2.49. The number of thiophene rings is 1. The van der Waals surface area contributed by atoms with Crippen LogP contribution >= 0.6 is 11.3 Å². The van der Waals surface area contributed by atoms with Gasteiger partial charge in [-0.3, -0.25) is 0 Å². The number of benzene rings is 7. The Hall–Kier alpha value is -5.70. The van der Waals surface area contributed by atoms with Gasteiger partial charge in [-0.05, 0) is 126 Å². The van der Waals surface area contributed by atoms with Crippen LogP contribution in [0.15, 0.2) is 152 Å². The fourth-order valence-electron chi connectivity index (χ4n) is 10.4. The lowest BCUT2D eigenvalue weighted by Gasteiger charge is -2.30. The van der Waals surface area contributed by atoms with Crippen LogP contribution in [0.1, 0.15) is 74.9 Å². The quantitative estimate of drug-likeness (QED) is 0.175. The molecule has 3 aliphatic rings. The van der Waals surface area contributed by atoms with E-state index in [2.05, 4.69) is 198 Å². The van der Waals surface area contributed by atoms with Gasteiger partial charge < -0.3 is 4.90 Å². The molecule has 8 aromatic rings. The van der Waals surface area contributed by atoms with Crippen molar-refractivity contribution < 1.29 is 0 Å². The molecule has 1 nitrogen and oxygen atoms in total. The summed E-state index contributed by atoms with van der Waals surface area (Å²) in [5, 5.41) is 1.39. The second kappa shape index (κ2) is 11.2. The van der Waals surface area contributed by atoms with E-state index >= 15 is 0 Å². The second-order valence-electron chi connectivity index (χ2n) is 17.4. The molecule has 0 atom stereocenters. The molecule has 0 saturated carbocycles. The van der Waals surface area contributed by atoms with E-state index in [9.17, 15) is 0 Å². The van der Waals surface area contributed by atoms with Gasteiger partial charge in [0.25, 0.3) is 0 Å². The zero-order valence-electron chi connectivity index (χ0n) is 32.3. The Kier molecular flexibility index (Phi) is 6.65. The summed E-state index contributed by atoms with van der Waals surface area (Å²) in [7, 11) is 0. The minimum atomic E-state index is -0.0966. The normalized spacial score (nSPS) is 15.9. The van der Waals surface area contributed by atoms with E-state index in [0.29, 0.717) is 0 Å². The Balaban J connectivity index is 1.08. The number of nitrogens with zero attached hydrogens (tertiary/aromatic N) is 1. The molecule has 0 radical (unpaired) electrons. The molecule has 0 bridgehead atoms. The third-order valence-corrected chi connectivity index (χ3v) is 14.5. The van der Waals surface area contributed by atoms with E-state index in [-0.39, 0.29) is 16.2 Å². The fraction of sp³-hybridized carbons (Fsp3) is 0.170. The van der Waals surface area contributed by atoms with E-state index < -0.39 is 0 Å². The van der Waals surface area contributed by atoms with Gasteiger partial charge in [-0.2, -0.15) is 0 Å². The van der Waals surface area contributed by atoms with E-state index in [1.807, 2.05) is 11.3 Å². The summed E-state index contributed by atoms with van der Waals surface area (Å²) in [4.78, 5) is 3.91. The maximum Gasteiger partial charge on any atom is 0.0467 e. The van der Waals surface area contributed by atoms with Crippen LogP contribution in [0.5, 0.6) is 0 Å². The lowest BCUT2D eigenvalue weighted by Crippen LogP contribution is -2.18. The van der Waals surface area contributed by atoms with E-state index in [1.165, 1.54) is 98.7 Å². The standard InChI is InChI=1S/C53H43NS/c1-51(2)43-19-10-7-16-37(43)39-25-23-35(30-46(39)51)54(36-24-26-40-38-17-8-11-20-44(38)52(3,4)47(40)31-36)34-15-13-14-32(28-34)33-22-27-45-42(29-33)50-49(53(45,5)6)41-18-9-12-21-48(41)55-50/h7-31H,1-6H3. The molecule has 0 amide bonds. The summed E-state index contributed by atoms with van der Waals surface area (Å²) < 4.78 is 1.37. The molecule has 7 aromatic carbocycles.